The molecule has 0 radical (unpaired) electrons. The predicted molar refractivity (Wildman–Crippen MR) is 217 cm³/mol. The first kappa shape index (κ1) is 39.3. The van der Waals surface area contributed by atoms with Gasteiger partial charge in [-0.2, -0.15) is 0 Å². The monoisotopic (exact) mass is 772 g/mol. The van der Waals surface area contributed by atoms with Crippen molar-refractivity contribution in [3.8, 4) is 33.9 Å². The zero-order chi connectivity index (χ0) is 40.1. The molecule has 3 amide bonds. The number of benzene rings is 2. The number of carbonyl (C=O) groups is 3. The Morgan fingerprint density at radius 3 is 1.93 bits per heavy atom. The van der Waals surface area contributed by atoms with E-state index in [1.165, 1.54) is 11.9 Å². The first-order chi connectivity index (χ1) is 27.6. The number of imidazole rings is 2. The molecule has 5 aromatic rings. The maximum Gasteiger partial charge on any atom is 0.407 e. The van der Waals surface area contributed by atoms with Gasteiger partial charge in [-0.15, -0.1) is 0 Å². The molecule has 5 heterocycles. The van der Waals surface area contributed by atoms with E-state index in [1.807, 2.05) is 77.5 Å². The Morgan fingerprint density at radius 2 is 1.33 bits per heavy atom. The van der Waals surface area contributed by atoms with E-state index in [4.69, 9.17) is 4.98 Å². The molecule has 0 bridgehead atoms. The fourth-order valence-corrected chi connectivity index (χ4v) is 8.30. The van der Waals surface area contributed by atoms with E-state index in [0.717, 1.165) is 84.1 Å². The van der Waals surface area contributed by atoms with Crippen molar-refractivity contribution in [3.63, 3.8) is 0 Å². The average Bonchev–Trinajstić information content (AvgIpc) is 4.07. The minimum absolute atomic E-state index is 0.00369. The Balaban J connectivity index is 0.991. The molecule has 4 atom stereocenters. The molecule has 0 aliphatic carbocycles. The molecule has 14 nitrogen and oxygen atoms in total. The Hall–Kier alpha value is -5.89. The van der Waals surface area contributed by atoms with Crippen molar-refractivity contribution in [1.82, 2.24) is 49.5 Å². The van der Waals surface area contributed by atoms with Crippen LogP contribution in [0.4, 0.5) is 4.79 Å². The SMILES string of the molecule is CCN(CC)[C@@H](C(=O)N1CCC[C@H]1c1ncc(-c2ccc(-c3ncc(-c4cnc([C@@H]5CCCN5C(=O)CC(C)CN(C)C(=O)O)[nH]4)cn3)cc2)[nH]1)c1ccccc1. The van der Waals surface area contributed by atoms with E-state index < -0.39 is 6.09 Å². The second-order valence-corrected chi connectivity index (χ2v) is 15.2. The molecule has 3 aromatic heterocycles. The Kier molecular flexibility index (Phi) is 12.1. The molecular weight excluding hydrogens is 721 g/mol. The van der Waals surface area contributed by atoms with E-state index in [0.29, 0.717) is 25.5 Å². The smallest absolute Gasteiger partial charge is 0.407 e. The zero-order valence-corrected chi connectivity index (χ0v) is 33.1. The topological polar surface area (TPSA) is 168 Å². The van der Waals surface area contributed by atoms with E-state index in [2.05, 4.69) is 43.7 Å². The van der Waals surface area contributed by atoms with Crippen LogP contribution in [0.3, 0.4) is 0 Å². The van der Waals surface area contributed by atoms with Gasteiger partial charge in [0.1, 0.15) is 17.7 Å². The number of rotatable bonds is 14. The summed E-state index contributed by atoms with van der Waals surface area (Å²) in [5.74, 6) is 2.13. The van der Waals surface area contributed by atoms with Gasteiger partial charge < -0.3 is 29.8 Å². The number of aromatic amines is 2. The second-order valence-electron chi connectivity index (χ2n) is 15.2. The molecule has 2 aromatic carbocycles. The van der Waals surface area contributed by atoms with E-state index >= 15 is 0 Å². The van der Waals surface area contributed by atoms with Gasteiger partial charge in [0, 0.05) is 56.6 Å². The number of H-pyrrole nitrogens is 2. The van der Waals surface area contributed by atoms with Crippen LogP contribution >= 0.6 is 0 Å². The normalized spacial score (nSPS) is 17.9. The zero-order valence-electron chi connectivity index (χ0n) is 33.1. The molecule has 1 unspecified atom stereocenters. The van der Waals surface area contributed by atoms with E-state index in [1.54, 1.807) is 18.6 Å². The van der Waals surface area contributed by atoms with Crippen LogP contribution in [0.25, 0.3) is 33.9 Å². The van der Waals surface area contributed by atoms with Gasteiger partial charge in [-0.3, -0.25) is 14.5 Å². The molecule has 3 N–H and O–H groups in total. The third-order valence-electron chi connectivity index (χ3n) is 11.3. The maximum absolute atomic E-state index is 14.2. The maximum atomic E-state index is 14.2. The highest BCUT2D eigenvalue weighted by atomic mass is 16.4. The van der Waals surface area contributed by atoms with Crippen molar-refractivity contribution in [2.24, 2.45) is 5.92 Å². The van der Waals surface area contributed by atoms with Crippen molar-refractivity contribution >= 4 is 17.9 Å². The van der Waals surface area contributed by atoms with Crippen molar-refractivity contribution in [1.29, 1.82) is 0 Å². The van der Waals surface area contributed by atoms with Gasteiger partial charge in [0.15, 0.2) is 5.82 Å². The van der Waals surface area contributed by atoms with Gasteiger partial charge in [0.25, 0.3) is 0 Å². The summed E-state index contributed by atoms with van der Waals surface area (Å²) in [7, 11) is 1.52. The number of nitrogens with one attached hydrogen (secondary N) is 2. The number of likely N-dealkylation sites (N-methyl/N-ethyl adjacent to an activating group) is 1. The summed E-state index contributed by atoms with van der Waals surface area (Å²) >= 11 is 0. The quantitative estimate of drug-likeness (QED) is 0.108. The Bertz CT molecular complexity index is 2130. The van der Waals surface area contributed by atoms with Crippen molar-refractivity contribution in [2.45, 2.75) is 71.0 Å². The minimum atomic E-state index is -1.00. The highest BCUT2D eigenvalue weighted by Crippen LogP contribution is 2.36. The van der Waals surface area contributed by atoms with Crippen LogP contribution in [0.15, 0.2) is 79.4 Å². The van der Waals surface area contributed by atoms with Crippen LogP contribution < -0.4 is 0 Å². The first-order valence-electron chi connectivity index (χ1n) is 20.0. The van der Waals surface area contributed by atoms with Crippen molar-refractivity contribution < 1.29 is 19.5 Å². The van der Waals surface area contributed by atoms with E-state index in [-0.39, 0.29) is 42.3 Å². The number of nitrogens with zero attached hydrogens (tertiary/aromatic N) is 8. The number of carbonyl (C=O) groups excluding carboxylic acids is 2. The fraction of sp³-hybridized carbons (Fsp3) is 0.419. The summed E-state index contributed by atoms with van der Waals surface area (Å²) in [6.07, 6.45) is 9.87. The van der Waals surface area contributed by atoms with Crippen LogP contribution in [0, 0.1) is 5.92 Å². The second kappa shape index (κ2) is 17.5. The highest BCUT2D eigenvalue weighted by molar-refractivity contribution is 5.84. The molecule has 0 spiro atoms. The lowest BCUT2D eigenvalue weighted by molar-refractivity contribution is -0.138. The highest BCUT2D eigenvalue weighted by Gasteiger charge is 2.38. The van der Waals surface area contributed by atoms with E-state index in [9.17, 15) is 19.5 Å². The van der Waals surface area contributed by atoms with Crippen molar-refractivity contribution in [2.75, 3.05) is 39.8 Å². The lowest BCUT2D eigenvalue weighted by Gasteiger charge is -2.34. The number of hydrogen-bond acceptors (Lipinski definition) is 8. The molecule has 7 rings (SSSR count). The molecule has 0 saturated carbocycles. The Labute approximate surface area is 333 Å². The van der Waals surface area contributed by atoms with Crippen LogP contribution in [-0.4, -0.2) is 112 Å². The molecule has 2 saturated heterocycles. The number of carboxylic acid groups (broad SMARTS) is 1. The third kappa shape index (κ3) is 8.60. The molecular formula is C43H52N10O4. The summed E-state index contributed by atoms with van der Waals surface area (Å²) in [4.78, 5) is 71.5. The Morgan fingerprint density at radius 1 is 0.772 bits per heavy atom. The van der Waals surface area contributed by atoms with Crippen LogP contribution in [0.5, 0.6) is 0 Å². The van der Waals surface area contributed by atoms with Gasteiger partial charge >= 0.3 is 6.09 Å². The van der Waals surface area contributed by atoms with Crippen LogP contribution in [-0.2, 0) is 9.59 Å². The standard InChI is InChI=1S/C43H52N10O4/c1-5-51(6-2)38(30-12-8-7-9-13-30)42(55)53-21-11-15-36(53)41-46-25-33(48-41)29-16-18-31(19-17-29)39-44-23-32(24-45-39)34-26-47-40(49-34)35-14-10-20-52(35)37(54)22-28(3)27-50(4)43(56)57/h7-9,12-13,16-19,23-26,28,35-36,38H,5-6,10-11,14-15,20-22,27H2,1-4H3,(H,46,48)(H,47,49)(H,56,57)/t28?,35-,36-,38+/m0/s1. The summed E-state index contributed by atoms with van der Waals surface area (Å²) in [5.41, 5.74) is 5.29. The largest absolute Gasteiger partial charge is 0.465 e. The lowest BCUT2D eigenvalue weighted by atomic mass is 10.0. The molecule has 57 heavy (non-hydrogen) atoms. The van der Waals surface area contributed by atoms with Gasteiger partial charge in [0.05, 0.1) is 35.9 Å². The van der Waals surface area contributed by atoms with Gasteiger partial charge in [0.2, 0.25) is 11.8 Å². The summed E-state index contributed by atoms with van der Waals surface area (Å²) in [5, 5.41) is 9.19. The summed E-state index contributed by atoms with van der Waals surface area (Å²) in [6.45, 7) is 9.31. The number of aromatic nitrogens is 6. The molecule has 298 valence electrons. The third-order valence-corrected chi connectivity index (χ3v) is 11.3. The van der Waals surface area contributed by atoms with Gasteiger partial charge in [-0.25, -0.2) is 24.7 Å². The van der Waals surface area contributed by atoms with Gasteiger partial charge in [-0.1, -0.05) is 75.4 Å². The molecule has 2 aliphatic rings. The first-order valence-corrected chi connectivity index (χ1v) is 20.0. The fourth-order valence-electron chi connectivity index (χ4n) is 8.30. The number of hydrogen-bond donors (Lipinski definition) is 3. The van der Waals surface area contributed by atoms with Crippen molar-refractivity contribution in [3.05, 3.63) is 96.6 Å². The minimum Gasteiger partial charge on any atom is -0.465 e. The summed E-state index contributed by atoms with van der Waals surface area (Å²) in [6, 6.07) is 17.5. The van der Waals surface area contributed by atoms with Crippen LogP contribution in [0.2, 0.25) is 0 Å². The van der Waals surface area contributed by atoms with Gasteiger partial charge in [-0.05, 0) is 55.8 Å². The molecule has 14 heteroatoms. The van der Waals surface area contributed by atoms with Crippen LogP contribution in [0.1, 0.15) is 88.2 Å². The molecule has 2 aliphatic heterocycles. The average molecular weight is 773 g/mol. The number of likely N-dealkylation sites (tertiary alicyclic amines) is 2. The number of amides is 3. The predicted octanol–water partition coefficient (Wildman–Crippen LogP) is 6.97. The lowest BCUT2D eigenvalue weighted by Crippen LogP contribution is -2.43. The molecule has 2 fully saturated rings. The summed E-state index contributed by atoms with van der Waals surface area (Å²) < 4.78 is 0.